The van der Waals surface area contributed by atoms with Crippen LogP contribution in [0.25, 0.3) is 0 Å². The minimum absolute atomic E-state index is 0.00190. The van der Waals surface area contributed by atoms with Crippen LogP contribution in [0.1, 0.15) is 12.8 Å². The molecule has 19 heavy (non-hydrogen) atoms. The predicted octanol–water partition coefficient (Wildman–Crippen LogP) is -0.565. The van der Waals surface area contributed by atoms with Crippen LogP contribution in [-0.4, -0.2) is 67.4 Å². The molecule has 0 unspecified atom stereocenters. The van der Waals surface area contributed by atoms with Crippen molar-refractivity contribution in [2.75, 3.05) is 33.4 Å². The molecule has 0 aromatic rings. The van der Waals surface area contributed by atoms with E-state index in [-0.39, 0.29) is 12.8 Å². The Bertz CT molecular complexity index is 340. The molecule has 1 aliphatic rings. The third-order valence-electron chi connectivity index (χ3n) is 2.76. The molecule has 8 heteroatoms. The Labute approximate surface area is 110 Å². The molecule has 0 saturated carbocycles. The van der Waals surface area contributed by atoms with E-state index in [0.717, 1.165) is 0 Å². The number of carbonyl (C=O) groups is 3. The van der Waals surface area contributed by atoms with E-state index in [1.54, 1.807) is 0 Å². The second-order valence-corrected chi connectivity index (χ2v) is 4.05. The number of methoxy groups -OCH3 is 1. The van der Waals surface area contributed by atoms with Crippen molar-refractivity contribution in [1.82, 2.24) is 10.2 Å². The third kappa shape index (κ3) is 5.12. The van der Waals surface area contributed by atoms with Crippen molar-refractivity contribution in [3.63, 3.8) is 0 Å². The molecular weight excluding hydrogens is 256 g/mol. The van der Waals surface area contributed by atoms with Gasteiger partial charge in [-0.1, -0.05) is 0 Å². The number of amides is 2. The van der Waals surface area contributed by atoms with Crippen molar-refractivity contribution in [2.45, 2.75) is 18.9 Å². The molecule has 0 bridgehead atoms. The van der Waals surface area contributed by atoms with Crippen molar-refractivity contribution < 1.29 is 29.0 Å². The fourth-order valence-corrected chi connectivity index (χ4v) is 1.63. The Kier molecular flexibility index (Phi) is 6.07. The second-order valence-electron chi connectivity index (χ2n) is 4.05. The number of carbonyl (C=O) groups excluding carboxylic acids is 2. The third-order valence-corrected chi connectivity index (χ3v) is 2.76. The highest BCUT2D eigenvalue weighted by atomic mass is 16.5. The molecule has 1 atom stereocenters. The number of ether oxygens (including phenoxy) is 2. The van der Waals surface area contributed by atoms with E-state index in [0.29, 0.717) is 26.3 Å². The van der Waals surface area contributed by atoms with E-state index in [9.17, 15) is 14.4 Å². The van der Waals surface area contributed by atoms with E-state index in [4.69, 9.17) is 9.84 Å². The predicted molar refractivity (Wildman–Crippen MR) is 63.6 cm³/mol. The summed E-state index contributed by atoms with van der Waals surface area (Å²) in [5.41, 5.74) is 0. The van der Waals surface area contributed by atoms with Gasteiger partial charge >= 0.3 is 18.0 Å². The normalized spacial score (nSPS) is 16.6. The maximum absolute atomic E-state index is 11.8. The van der Waals surface area contributed by atoms with Gasteiger partial charge in [0.05, 0.1) is 20.3 Å². The molecule has 1 rings (SSSR count). The van der Waals surface area contributed by atoms with Gasteiger partial charge in [0, 0.05) is 19.5 Å². The summed E-state index contributed by atoms with van der Waals surface area (Å²) >= 11 is 0. The van der Waals surface area contributed by atoms with Crippen molar-refractivity contribution in [3.05, 3.63) is 0 Å². The number of carboxylic acids is 1. The van der Waals surface area contributed by atoms with Crippen LogP contribution in [0.4, 0.5) is 4.79 Å². The first-order chi connectivity index (χ1) is 9.04. The van der Waals surface area contributed by atoms with Crippen molar-refractivity contribution in [1.29, 1.82) is 0 Å². The summed E-state index contributed by atoms with van der Waals surface area (Å²) in [7, 11) is 1.23. The largest absolute Gasteiger partial charge is 0.480 e. The van der Waals surface area contributed by atoms with Crippen LogP contribution in [0.2, 0.25) is 0 Å². The molecule has 108 valence electrons. The highest BCUT2D eigenvalue weighted by Crippen LogP contribution is 2.03. The number of esters is 1. The standard InChI is InChI=1S/C11H18N2O6/c1-18-9(14)3-2-8(10(15)16)12-11(17)13-4-6-19-7-5-13/h8H,2-7H2,1H3,(H,12,17)(H,15,16)/t8-/m0/s1. The lowest BCUT2D eigenvalue weighted by Crippen LogP contribution is -2.51. The summed E-state index contributed by atoms with van der Waals surface area (Å²) in [6.07, 6.45) is -0.0606. The van der Waals surface area contributed by atoms with Gasteiger partial charge in [0.2, 0.25) is 0 Å². The Morgan fingerprint density at radius 1 is 1.37 bits per heavy atom. The lowest BCUT2D eigenvalue weighted by Gasteiger charge is -2.28. The molecule has 0 aromatic carbocycles. The molecule has 0 aromatic heterocycles. The van der Waals surface area contributed by atoms with Crippen LogP contribution in [0.15, 0.2) is 0 Å². The fourth-order valence-electron chi connectivity index (χ4n) is 1.63. The van der Waals surface area contributed by atoms with E-state index >= 15 is 0 Å². The summed E-state index contributed by atoms with van der Waals surface area (Å²) in [6, 6.07) is -1.56. The first kappa shape index (κ1) is 15.2. The molecule has 8 nitrogen and oxygen atoms in total. The van der Waals surface area contributed by atoms with Gasteiger partial charge in [-0.3, -0.25) is 4.79 Å². The lowest BCUT2D eigenvalue weighted by atomic mass is 10.1. The van der Waals surface area contributed by atoms with Gasteiger partial charge in [0.1, 0.15) is 6.04 Å². The van der Waals surface area contributed by atoms with Crippen LogP contribution in [-0.2, 0) is 19.1 Å². The van der Waals surface area contributed by atoms with E-state index in [2.05, 4.69) is 10.1 Å². The number of urea groups is 1. The highest BCUT2D eigenvalue weighted by Gasteiger charge is 2.24. The van der Waals surface area contributed by atoms with E-state index < -0.39 is 24.0 Å². The number of nitrogens with zero attached hydrogens (tertiary/aromatic N) is 1. The number of hydrogen-bond donors (Lipinski definition) is 2. The number of hydrogen-bond acceptors (Lipinski definition) is 5. The smallest absolute Gasteiger partial charge is 0.326 e. The van der Waals surface area contributed by atoms with Gasteiger partial charge in [-0.2, -0.15) is 0 Å². The van der Waals surface area contributed by atoms with Gasteiger partial charge in [0.25, 0.3) is 0 Å². The molecule has 1 heterocycles. The summed E-state index contributed by atoms with van der Waals surface area (Å²) < 4.78 is 9.53. The molecule has 2 N–H and O–H groups in total. The highest BCUT2D eigenvalue weighted by molar-refractivity contribution is 5.83. The first-order valence-electron chi connectivity index (χ1n) is 5.97. The SMILES string of the molecule is COC(=O)CC[C@H](NC(=O)N1CCOCC1)C(=O)O. The van der Waals surface area contributed by atoms with Crippen molar-refractivity contribution in [3.8, 4) is 0 Å². The summed E-state index contributed by atoms with van der Waals surface area (Å²) in [4.78, 5) is 35.3. The van der Waals surface area contributed by atoms with Crippen molar-refractivity contribution >= 4 is 18.0 Å². The summed E-state index contributed by atoms with van der Waals surface area (Å²) in [5, 5.41) is 11.4. The monoisotopic (exact) mass is 274 g/mol. The summed E-state index contributed by atoms with van der Waals surface area (Å²) in [5.74, 6) is -1.68. The fraction of sp³-hybridized carbons (Fsp3) is 0.727. The number of carboxylic acid groups (broad SMARTS) is 1. The quantitative estimate of drug-likeness (QED) is 0.651. The number of morpholine rings is 1. The average Bonchev–Trinajstić information content (AvgIpc) is 2.43. The lowest BCUT2D eigenvalue weighted by molar-refractivity contribution is -0.142. The first-order valence-corrected chi connectivity index (χ1v) is 5.97. The zero-order chi connectivity index (χ0) is 14.3. The molecular formula is C11H18N2O6. The molecule has 1 saturated heterocycles. The zero-order valence-corrected chi connectivity index (χ0v) is 10.8. The summed E-state index contributed by atoms with van der Waals surface area (Å²) in [6.45, 7) is 1.73. The minimum Gasteiger partial charge on any atom is -0.480 e. The van der Waals surface area contributed by atoms with Crippen LogP contribution in [0, 0.1) is 0 Å². The molecule has 1 fully saturated rings. The van der Waals surface area contributed by atoms with E-state index in [1.807, 2.05) is 0 Å². The maximum Gasteiger partial charge on any atom is 0.326 e. The van der Waals surface area contributed by atoms with E-state index in [1.165, 1.54) is 12.0 Å². The van der Waals surface area contributed by atoms with Crippen molar-refractivity contribution in [2.24, 2.45) is 0 Å². The van der Waals surface area contributed by atoms with Gasteiger partial charge in [-0.05, 0) is 6.42 Å². The van der Waals surface area contributed by atoms with Gasteiger partial charge in [0.15, 0.2) is 0 Å². The molecule has 0 radical (unpaired) electrons. The zero-order valence-electron chi connectivity index (χ0n) is 10.8. The number of nitrogens with one attached hydrogen (secondary N) is 1. The Hall–Kier alpha value is -1.83. The Morgan fingerprint density at radius 3 is 2.53 bits per heavy atom. The van der Waals surface area contributed by atoms with Crippen LogP contribution < -0.4 is 5.32 Å². The molecule has 0 spiro atoms. The van der Waals surface area contributed by atoms with Gasteiger partial charge in [-0.25, -0.2) is 9.59 Å². The number of aliphatic carboxylic acids is 1. The Morgan fingerprint density at radius 2 is 2.00 bits per heavy atom. The minimum atomic E-state index is -1.18. The van der Waals surface area contributed by atoms with Crippen LogP contribution in [0.3, 0.4) is 0 Å². The second kappa shape index (κ2) is 7.57. The topological polar surface area (TPSA) is 105 Å². The van der Waals surface area contributed by atoms with Gasteiger partial charge in [-0.15, -0.1) is 0 Å². The molecule has 2 amide bonds. The van der Waals surface area contributed by atoms with Gasteiger partial charge < -0.3 is 24.8 Å². The van der Waals surface area contributed by atoms with Crippen LogP contribution >= 0.6 is 0 Å². The average molecular weight is 274 g/mol. The maximum atomic E-state index is 11.8. The van der Waals surface area contributed by atoms with Crippen LogP contribution in [0.5, 0.6) is 0 Å². The Balaban J connectivity index is 2.45. The molecule has 1 aliphatic heterocycles. The number of rotatable bonds is 5. The molecule has 0 aliphatic carbocycles.